The second-order valence-corrected chi connectivity index (χ2v) is 8.19. The lowest BCUT2D eigenvalue weighted by Crippen LogP contribution is -2.40. The summed E-state index contributed by atoms with van der Waals surface area (Å²) in [6.45, 7) is 0.292. The minimum Gasteiger partial charge on any atom is -0.482 e. The summed E-state index contributed by atoms with van der Waals surface area (Å²) in [5.74, 6) is 0.365. The topological polar surface area (TPSA) is 71.5 Å². The maximum absolute atomic E-state index is 12.5. The summed E-state index contributed by atoms with van der Waals surface area (Å²) in [6, 6.07) is 23.0. The Hall–Kier alpha value is -3.71. The lowest BCUT2D eigenvalue weighted by atomic mass is 10.2. The molecule has 4 aromatic rings. The van der Waals surface area contributed by atoms with Crippen LogP contribution in [0.3, 0.4) is 0 Å². The normalized spacial score (nSPS) is 13.0. The fourth-order valence-electron chi connectivity index (χ4n) is 3.53. The van der Waals surface area contributed by atoms with Crippen molar-refractivity contribution in [1.29, 1.82) is 0 Å². The Morgan fingerprint density at radius 1 is 1.03 bits per heavy atom. The molecular formula is C24H19N3O3S. The molecule has 154 valence electrons. The van der Waals surface area contributed by atoms with E-state index in [1.54, 1.807) is 16.2 Å². The van der Waals surface area contributed by atoms with Crippen molar-refractivity contribution in [2.75, 3.05) is 23.4 Å². The molecule has 7 heteroatoms. The number of hydrogen-bond donors (Lipinski definition) is 1. The molecule has 1 aromatic heterocycles. The number of aromatic nitrogens is 1. The quantitative estimate of drug-likeness (QED) is 0.498. The minimum absolute atomic E-state index is 0.00807. The molecule has 0 spiro atoms. The Balaban J connectivity index is 1.22. The van der Waals surface area contributed by atoms with Crippen molar-refractivity contribution in [3.8, 4) is 16.3 Å². The summed E-state index contributed by atoms with van der Waals surface area (Å²) in [5, 5.41) is 3.85. The third kappa shape index (κ3) is 4.00. The van der Waals surface area contributed by atoms with Crippen LogP contribution in [0.15, 0.2) is 72.8 Å². The largest absolute Gasteiger partial charge is 0.482 e. The van der Waals surface area contributed by atoms with Crippen LogP contribution in [-0.4, -0.2) is 29.9 Å². The van der Waals surface area contributed by atoms with Crippen molar-refractivity contribution in [2.24, 2.45) is 0 Å². The lowest BCUT2D eigenvalue weighted by molar-refractivity contribution is -0.121. The van der Waals surface area contributed by atoms with E-state index >= 15 is 0 Å². The van der Waals surface area contributed by atoms with Crippen molar-refractivity contribution in [2.45, 2.75) is 6.42 Å². The third-order valence-electron chi connectivity index (χ3n) is 5.08. The predicted molar refractivity (Wildman–Crippen MR) is 123 cm³/mol. The number of ether oxygens (including phenoxy) is 1. The summed E-state index contributed by atoms with van der Waals surface area (Å²) < 4.78 is 6.59. The van der Waals surface area contributed by atoms with E-state index in [9.17, 15) is 9.59 Å². The van der Waals surface area contributed by atoms with Crippen molar-refractivity contribution >= 4 is 44.7 Å². The zero-order valence-electron chi connectivity index (χ0n) is 16.6. The van der Waals surface area contributed by atoms with Gasteiger partial charge in [-0.1, -0.05) is 24.3 Å². The van der Waals surface area contributed by atoms with E-state index in [0.29, 0.717) is 23.7 Å². The molecule has 1 aliphatic heterocycles. The van der Waals surface area contributed by atoms with Gasteiger partial charge in [-0.05, 0) is 48.5 Å². The van der Waals surface area contributed by atoms with Gasteiger partial charge in [0, 0.05) is 24.2 Å². The smallest absolute Gasteiger partial charge is 0.265 e. The van der Waals surface area contributed by atoms with Gasteiger partial charge in [-0.15, -0.1) is 11.3 Å². The number of amides is 2. The number of thiazole rings is 1. The van der Waals surface area contributed by atoms with Gasteiger partial charge < -0.3 is 15.0 Å². The van der Waals surface area contributed by atoms with Crippen LogP contribution in [-0.2, 0) is 9.59 Å². The van der Waals surface area contributed by atoms with Crippen LogP contribution >= 0.6 is 11.3 Å². The maximum atomic E-state index is 12.5. The Morgan fingerprint density at radius 3 is 2.65 bits per heavy atom. The highest BCUT2D eigenvalue weighted by atomic mass is 32.1. The van der Waals surface area contributed by atoms with E-state index in [4.69, 9.17) is 4.74 Å². The van der Waals surface area contributed by atoms with Gasteiger partial charge in [-0.3, -0.25) is 9.59 Å². The number of hydrogen-bond acceptors (Lipinski definition) is 5. The molecule has 5 rings (SSSR count). The first-order valence-corrected chi connectivity index (χ1v) is 10.8. The van der Waals surface area contributed by atoms with Gasteiger partial charge in [-0.2, -0.15) is 0 Å². The number of carbonyl (C=O) groups is 2. The van der Waals surface area contributed by atoms with Gasteiger partial charge in [0.2, 0.25) is 5.91 Å². The third-order valence-corrected chi connectivity index (χ3v) is 6.17. The molecule has 1 aliphatic rings. The number of carbonyl (C=O) groups excluding carboxylic acids is 2. The Morgan fingerprint density at radius 2 is 1.81 bits per heavy atom. The number of anilines is 2. The first-order valence-electron chi connectivity index (χ1n) is 9.95. The number of nitrogens with zero attached hydrogens (tertiary/aromatic N) is 2. The summed E-state index contributed by atoms with van der Waals surface area (Å²) >= 11 is 1.64. The highest BCUT2D eigenvalue weighted by molar-refractivity contribution is 7.21. The summed E-state index contributed by atoms with van der Waals surface area (Å²) in [6.07, 6.45) is 0.194. The number of rotatable bonds is 5. The molecule has 0 fully saturated rings. The van der Waals surface area contributed by atoms with Crippen LogP contribution in [0.25, 0.3) is 20.8 Å². The predicted octanol–water partition coefficient (Wildman–Crippen LogP) is 4.72. The Labute approximate surface area is 183 Å². The van der Waals surface area contributed by atoms with Crippen LogP contribution < -0.4 is 15.0 Å². The number of nitrogens with one attached hydrogen (secondary N) is 1. The van der Waals surface area contributed by atoms with Crippen LogP contribution in [0.2, 0.25) is 0 Å². The van der Waals surface area contributed by atoms with Gasteiger partial charge in [0.05, 0.1) is 15.9 Å². The molecule has 0 bridgehead atoms. The second kappa shape index (κ2) is 8.20. The van der Waals surface area contributed by atoms with E-state index < -0.39 is 0 Å². The van der Waals surface area contributed by atoms with Crippen molar-refractivity contribution in [3.05, 3.63) is 72.8 Å². The molecular weight excluding hydrogens is 410 g/mol. The molecule has 3 aromatic carbocycles. The molecule has 0 atom stereocenters. The molecule has 0 radical (unpaired) electrons. The minimum atomic E-state index is -0.149. The number of benzene rings is 3. The SMILES string of the molecule is O=C(CCN1C(=O)COc2ccccc21)Nc1ccc(-c2nc3ccccc3s2)cc1. The highest BCUT2D eigenvalue weighted by Crippen LogP contribution is 2.32. The summed E-state index contributed by atoms with van der Waals surface area (Å²) in [5.41, 5.74) is 3.41. The summed E-state index contributed by atoms with van der Waals surface area (Å²) in [4.78, 5) is 31.0. The fourth-order valence-corrected chi connectivity index (χ4v) is 4.50. The second-order valence-electron chi connectivity index (χ2n) is 7.16. The average molecular weight is 430 g/mol. The van der Waals surface area contributed by atoms with E-state index in [-0.39, 0.29) is 24.8 Å². The zero-order valence-corrected chi connectivity index (χ0v) is 17.4. The molecule has 31 heavy (non-hydrogen) atoms. The molecule has 0 aliphatic carbocycles. The first kappa shape index (κ1) is 19.3. The zero-order chi connectivity index (χ0) is 21.2. The van der Waals surface area contributed by atoms with Gasteiger partial charge in [0.25, 0.3) is 5.91 Å². The van der Waals surface area contributed by atoms with E-state index in [0.717, 1.165) is 20.8 Å². The van der Waals surface area contributed by atoms with Crippen molar-refractivity contribution in [1.82, 2.24) is 4.98 Å². The number of para-hydroxylation sites is 3. The standard InChI is InChI=1S/C24H19N3O3S/c28-22(13-14-27-19-6-2-3-7-20(19)30-15-23(27)29)25-17-11-9-16(10-12-17)24-26-18-5-1-4-8-21(18)31-24/h1-12H,13-15H2,(H,25,28). The van der Waals surface area contributed by atoms with Crippen LogP contribution in [0.5, 0.6) is 5.75 Å². The molecule has 1 N–H and O–H groups in total. The lowest BCUT2D eigenvalue weighted by Gasteiger charge is -2.29. The highest BCUT2D eigenvalue weighted by Gasteiger charge is 2.25. The molecule has 0 saturated carbocycles. The van der Waals surface area contributed by atoms with Gasteiger partial charge in [-0.25, -0.2) is 4.98 Å². The van der Waals surface area contributed by atoms with Crippen LogP contribution in [0.4, 0.5) is 11.4 Å². The van der Waals surface area contributed by atoms with Crippen molar-refractivity contribution < 1.29 is 14.3 Å². The monoisotopic (exact) mass is 429 g/mol. The fraction of sp³-hybridized carbons (Fsp3) is 0.125. The molecule has 0 saturated heterocycles. The van der Waals surface area contributed by atoms with Crippen LogP contribution in [0.1, 0.15) is 6.42 Å². The van der Waals surface area contributed by atoms with E-state index in [2.05, 4.69) is 16.4 Å². The summed E-state index contributed by atoms with van der Waals surface area (Å²) in [7, 11) is 0. The van der Waals surface area contributed by atoms with Gasteiger partial charge >= 0.3 is 0 Å². The van der Waals surface area contributed by atoms with E-state index in [1.165, 1.54) is 0 Å². The average Bonchev–Trinajstić information content (AvgIpc) is 3.23. The molecule has 6 nitrogen and oxygen atoms in total. The van der Waals surface area contributed by atoms with Gasteiger partial charge in [0.1, 0.15) is 10.8 Å². The van der Waals surface area contributed by atoms with Gasteiger partial charge in [0.15, 0.2) is 6.61 Å². The van der Waals surface area contributed by atoms with E-state index in [1.807, 2.05) is 66.7 Å². The first-order chi connectivity index (χ1) is 15.2. The molecule has 2 amide bonds. The molecule has 2 heterocycles. The Bertz CT molecular complexity index is 1230. The maximum Gasteiger partial charge on any atom is 0.265 e. The number of fused-ring (bicyclic) bond motifs is 2. The van der Waals surface area contributed by atoms with Crippen molar-refractivity contribution in [3.63, 3.8) is 0 Å². The van der Waals surface area contributed by atoms with Crippen LogP contribution in [0, 0.1) is 0 Å². The molecule has 0 unspecified atom stereocenters. The Kier molecular flexibility index (Phi) is 5.09.